The average Bonchev–Trinajstić information content (AvgIpc) is 2.27. The molecule has 0 saturated heterocycles. The number of benzene rings is 1. The summed E-state index contributed by atoms with van der Waals surface area (Å²) in [5, 5.41) is 17.5. The van der Waals surface area contributed by atoms with E-state index in [1.807, 2.05) is 0 Å². The molecule has 8 heteroatoms. The number of aliphatic hydroxyl groups is 1. The second-order valence-electron chi connectivity index (χ2n) is 4.16. The molecule has 6 N–H and O–H groups in total. The maximum Gasteiger partial charge on any atom is 0.238 e. The first-order valence-electron chi connectivity index (χ1n) is 5.67. The molecule has 1 aromatic carbocycles. The first-order valence-corrected chi connectivity index (χ1v) is 7.22. The molecule has 0 fully saturated rings. The minimum absolute atomic E-state index is 0.0487. The highest BCUT2D eigenvalue weighted by molar-refractivity contribution is 7.89. The molecule has 1 unspecified atom stereocenters. The molecule has 0 spiro atoms. The normalized spacial score (nSPS) is 13.2. The molecule has 0 aliphatic carbocycles. The predicted molar refractivity (Wildman–Crippen MR) is 73.2 cm³/mol. The third kappa shape index (κ3) is 5.43. The van der Waals surface area contributed by atoms with Crippen molar-refractivity contribution in [2.24, 2.45) is 5.14 Å². The van der Waals surface area contributed by atoms with E-state index in [2.05, 4.69) is 5.32 Å². The third-order valence-corrected chi connectivity index (χ3v) is 3.32. The minimum atomic E-state index is -3.79. The number of primary sulfonamides is 1. The van der Waals surface area contributed by atoms with Crippen LogP contribution in [0.5, 0.6) is 0 Å². The topological polar surface area (TPSA) is 128 Å². The number of nitrogen functional groups attached to an aromatic ring is 1. The summed E-state index contributed by atoms with van der Waals surface area (Å²) in [5.41, 5.74) is 6.44. The van der Waals surface area contributed by atoms with Gasteiger partial charge in [-0.05, 0) is 24.6 Å². The van der Waals surface area contributed by atoms with Gasteiger partial charge in [0.05, 0.1) is 17.6 Å². The van der Waals surface area contributed by atoms with Crippen LogP contribution in [0.25, 0.3) is 0 Å². The quantitative estimate of drug-likeness (QED) is 0.511. The van der Waals surface area contributed by atoms with E-state index in [1.165, 1.54) is 19.2 Å². The summed E-state index contributed by atoms with van der Waals surface area (Å²) in [6.45, 7) is 0.707. The number of ether oxygens (including phenoxy) is 1. The smallest absolute Gasteiger partial charge is 0.238 e. The van der Waals surface area contributed by atoms with Gasteiger partial charge in [-0.3, -0.25) is 0 Å². The fourth-order valence-electron chi connectivity index (χ4n) is 1.55. The molecule has 0 heterocycles. The van der Waals surface area contributed by atoms with Gasteiger partial charge < -0.3 is 20.9 Å². The number of rotatable bonds is 7. The number of nitrogens with two attached hydrogens (primary N) is 2. The molecule has 0 aliphatic heterocycles. The summed E-state index contributed by atoms with van der Waals surface area (Å²) < 4.78 is 27.3. The zero-order valence-corrected chi connectivity index (χ0v) is 11.5. The largest absolute Gasteiger partial charge is 0.399 e. The van der Waals surface area contributed by atoms with E-state index in [0.29, 0.717) is 24.3 Å². The van der Waals surface area contributed by atoms with Crippen LogP contribution in [0.15, 0.2) is 23.1 Å². The molecule has 0 amide bonds. The lowest BCUT2D eigenvalue weighted by Crippen LogP contribution is -2.18. The van der Waals surface area contributed by atoms with Gasteiger partial charge in [0.1, 0.15) is 0 Å². The van der Waals surface area contributed by atoms with Crippen molar-refractivity contribution in [3.63, 3.8) is 0 Å². The zero-order valence-electron chi connectivity index (χ0n) is 10.7. The average molecular weight is 289 g/mol. The van der Waals surface area contributed by atoms with E-state index < -0.39 is 16.1 Å². The molecule has 7 nitrogen and oxygen atoms in total. The molecule has 0 radical (unpaired) electrons. The van der Waals surface area contributed by atoms with Gasteiger partial charge in [-0.25, -0.2) is 13.6 Å². The van der Waals surface area contributed by atoms with Gasteiger partial charge in [0.25, 0.3) is 0 Å². The van der Waals surface area contributed by atoms with Crippen LogP contribution in [0, 0.1) is 0 Å². The number of anilines is 2. The number of nitrogens with one attached hydrogen (secondary N) is 1. The molecule has 1 aromatic rings. The van der Waals surface area contributed by atoms with E-state index >= 15 is 0 Å². The minimum Gasteiger partial charge on any atom is -0.399 e. The van der Waals surface area contributed by atoms with Gasteiger partial charge in [0.15, 0.2) is 0 Å². The molecule has 19 heavy (non-hydrogen) atoms. The molecule has 0 bridgehead atoms. The van der Waals surface area contributed by atoms with E-state index in [4.69, 9.17) is 15.6 Å². The highest BCUT2D eigenvalue weighted by Gasteiger charge is 2.10. The number of hydrogen-bond donors (Lipinski definition) is 4. The Morgan fingerprint density at radius 2 is 2.11 bits per heavy atom. The van der Waals surface area contributed by atoms with Gasteiger partial charge in [0.2, 0.25) is 10.0 Å². The highest BCUT2D eigenvalue weighted by Crippen LogP contribution is 2.19. The van der Waals surface area contributed by atoms with Crippen LogP contribution in [-0.2, 0) is 14.8 Å². The number of methoxy groups -OCH3 is 1. The van der Waals surface area contributed by atoms with Crippen LogP contribution < -0.4 is 16.2 Å². The highest BCUT2D eigenvalue weighted by atomic mass is 32.2. The number of hydrogen-bond acceptors (Lipinski definition) is 6. The zero-order chi connectivity index (χ0) is 14.5. The van der Waals surface area contributed by atoms with Crippen LogP contribution in [0.4, 0.5) is 11.4 Å². The first-order chi connectivity index (χ1) is 8.82. The Morgan fingerprint density at radius 1 is 1.42 bits per heavy atom. The Bertz CT molecular complexity index is 519. The van der Waals surface area contributed by atoms with E-state index in [1.54, 1.807) is 6.07 Å². The van der Waals surface area contributed by atoms with Crippen molar-refractivity contribution in [2.45, 2.75) is 17.4 Å². The lowest BCUT2D eigenvalue weighted by molar-refractivity contribution is 0.0615. The van der Waals surface area contributed by atoms with Crippen molar-refractivity contribution in [1.82, 2.24) is 0 Å². The second kappa shape index (κ2) is 6.71. The standard InChI is InChI=1S/C11H19N3O4S/c1-18-7-10(15)2-3-14-9-4-8(12)5-11(6-9)19(13,16)17/h4-6,10,14-15H,2-3,7,12H2,1H3,(H2,13,16,17). The summed E-state index contributed by atoms with van der Waals surface area (Å²) >= 11 is 0. The van der Waals surface area contributed by atoms with Crippen LogP contribution in [0.1, 0.15) is 6.42 Å². The van der Waals surface area contributed by atoms with Gasteiger partial charge in [-0.15, -0.1) is 0 Å². The van der Waals surface area contributed by atoms with Crippen molar-refractivity contribution in [2.75, 3.05) is 31.3 Å². The van der Waals surface area contributed by atoms with Crippen LogP contribution >= 0.6 is 0 Å². The van der Waals surface area contributed by atoms with Crippen molar-refractivity contribution < 1.29 is 18.3 Å². The van der Waals surface area contributed by atoms with E-state index in [0.717, 1.165) is 0 Å². The van der Waals surface area contributed by atoms with Gasteiger partial charge in [-0.1, -0.05) is 0 Å². The van der Waals surface area contributed by atoms with Crippen molar-refractivity contribution in [3.05, 3.63) is 18.2 Å². The third-order valence-electron chi connectivity index (χ3n) is 2.42. The summed E-state index contributed by atoms with van der Waals surface area (Å²) in [4.78, 5) is -0.0487. The first kappa shape index (κ1) is 15.7. The number of aliphatic hydroxyl groups excluding tert-OH is 1. The van der Waals surface area contributed by atoms with Crippen LogP contribution in [0.2, 0.25) is 0 Å². The predicted octanol–water partition coefficient (Wildman–Crippen LogP) is -0.274. The molecular weight excluding hydrogens is 270 g/mol. The molecular formula is C11H19N3O4S. The monoisotopic (exact) mass is 289 g/mol. The van der Waals surface area contributed by atoms with Crippen molar-refractivity contribution in [1.29, 1.82) is 0 Å². The van der Waals surface area contributed by atoms with Crippen molar-refractivity contribution in [3.8, 4) is 0 Å². The summed E-state index contributed by atoms with van der Waals surface area (Å²) in [6, 6.07) is 4.28. The Balaban J connectivity index is 2.67. The lowest BCUT2D eigenvalue weighted by Gasteiger charge is -2.12. The summed E-state index contributed by atoms with van der Waals surface area (Å²) in [7, 11) is -2.28. The SMILES string of the molecule is COCC(O)CCNc1cc(N)cc(S(N)(=O)=O)c1. The summed E-state index contributed by atoms with van der Waals surface area (Å²) in [5.74, 6) is 0. The number of sulfonamides is 1. The molecule has 1 atom stereocenters. The van der Waals surface area contributed by atoms with Crippen LogP contribution in [-0.4, -0.2) is 39.9 Å². The van der Waals surface area contributed by atoms with E-state index in [-0.39, 0.29) is 11.5 Å². The van der Waals surface area contributed by atoms with Crippen LogP contribution in [0.3, 0.4) is 0 Å². The fourth-order valence-corrected chi connectivity index (χ4v) is 2.14. The molecule has 108 valence electrons. The Labute approximate surface area is 112 Å². The Kier molecular flexibility index (Phi) is 5.55. The van der Waals surface area contributed by atoms with Gasteiger partial charge in [0, 0.05) is 25.0 Å². The van der Waals surface area contributed by atoms with Gasteiger partial charge >= 0.3 is 0 Å². The maximum atomic E-state index is 11.2. The Hall–Kier alpha value is -1.35. The van der Waals surface area contributed by atoms with Gasteiger partial charge in [-0.2, -0.15) is 0 Å². The molecule has 0 aromatic heterocycles. The summed E-state index contributed by atoms with van der Waals surface area (Å²) in [6.07, 6.45) is -0.107. The maximum absolute atomic E-state index is 11.2. The second-order valence-corrected chi connectivity index (χ2v) is 5.72. The Morgan fingerprint density at radius 3 is 2.68 bits per heavy atom. The van der Waals surface area contributed by atoms with Crippen molar-refractivity contribution >= 4 is 21.4 Å². The van der Waals surface area contributed by atoms with E-state index in [9.17, 15) is 13.5 Å². The molecule has 1 rings (SSSR count). The molecule has 0 saturated carbocycles. The molecule has 0 aliphatic rings. The fraction of sp³-hybridized carbons (Fsp3) is 0.455. The lowest BCUT2D eigenvalue weighted by atomic mass is 10.2.